The van der Waals surface area contributed by atoms with E-state index >= 15 is 0 Å². The van der Waals surface area contributed by atoms with Crippen LogP contribution in [-0.4, -0.2) is 37.1 Å². The van der Waals surface area contributed by atoms with Gasteiger partial charge in [-0.15, -0.1) is 0 Å². The topological polar surface area (TPSA) is 35.6 Å². The number of rotatable bonds is 2. The summed E-state index contributed by atoms with van der Waals surface area (Å²) in [5.41, 5.74) is 3.12. The molecular formula is C18H20ClN3O. The molecule has 0 spiro atoms. The molecule has 0 saturated carbocycles. The molecule has 2 amide bonds. The summed E-state index contributed by atoms with van der Waals surface area (Å²) in [6, 6.07) is 15.7. The lowest BCUT2D eigenvalue weighted by molar-refractivity contribution is 0.208. The number of anilines is 2. The molecule has 1 saturated heterocycles. The Balaban J connectivity index is 1.57. The van der Waals surface area contributed by atoms with Gasteiger partial charge in [0.25, 0.3) is 0 Å². The van der Waals surface area contributed by atoms with Gasteiger partial charge >= 0.3 is 6.03 Å². The Bertz CT molecular complexity index is 679. The average Bonchev–Trinajstić information content (AvgIpc) is 2.58. The monoisotopic (exact) mass is 329 g/mol. The first kappa shape index (κ1) is 15.7. The van der Waals surface area contributed by atoms with Gasteiger partial charge in [0.2, 0.25) is 0 Å². The lowest BCUT2D eigenvalue weighted by Crippen LogP contribution is -2.50. The largest absolute Gasteiger partial charge is 0.368 e. The smallest absolute Gasteiger partial charge is 0.322 e. The van der Waals surface area contributed by atoms with Crippen molar-refractivity contribution in [2.45, 2.75) is 6.92 Å². The zero-order valence-corrected chi connectivity index (χ0v) is 13.9. The summed E-state index contributed by atoms with van der Waals surface area (Å²) in [5.74, 6) is 0. The molecule has 0 aliphatic carbocycles. The zero-order valence-electron chi connectivity index (χ0n) is 13.1. The molecule has 2 aromatic carbocycles. The van der Waals surface area contributed by atoms with Gasteiger partial charge < -0.3 is 15.1 Å². The molecule has 23 heavy (non-hydrogen) atoms. The lowest BCUT2D eigenvalue weighted by Gasteiger charge is -2.36. The normalized spacial score (nSPS) is 14.7. The Labute approximate surface area is 141 Å². The van der Waals surface area contributed by atoms with Crippen LogP contribution in [-0.2, 0) is 0 Å². The van der Waals surface area contributed by atoms with Crippen LogP contribution in [0, 0.1) is 6.92 Å². The van der Waals surface area contributed by atoms with Gasteiger partial charge in [0, 0.05) is 31.9 Å². The number of benzene rings is 2. The van der Waals surface area contributed by atoms with Gasteiger partial charge in [0.05, 0.1) is 10.7 Å². The van der Waals surface area contributed by atoms with Crippen molar-refractivity contribution in [1.29, 1.82) is 0 Å². The maximum Gasteiger partial charge on any atom is 0.322 e. The molecule has 3 rings (SSSR count). The highest BCUT2D eigenvalue weighted by atomic mass is 35.5. The van der Waals surface area contributed by atoms with Gasteiger partial charge in [-0.2, -0.15) is 0 Å². The Morgan fingerprint density at radius 3 is 2.30 bits per heavy atom. The highest BCUT2D eigenvalue weighted by Gasteiger charge is 2.21. The summed E-state index contributed by atoms with van der Waals surface area (Å²) in [6.45, 7) is 5.15. The van der Waals surface area contributed by atoms with E-state index in [1.165, 1.54) is 11.3 Å². The van der Waals surface area contributed by atoms with Crippen LogP contribution in [0.3, 0.4) is 0 Å². The molecule has 1 aliphatic heterocycles. The number of hydrogen-bond acceptors (Lipinski definition) is 2. The number of carbonyl (C=O) groups excluding carboxylic acids is 1. The summed E-state index contributed by atoms with van der Waals surface area (Å²) < 4.78 is 0. The molecule has 0 radical (unpaired) electrons. The number of nitrogens with zero attached hydrogens (tertiary/aromatic N) is 2. The fourth-order valence-corrected chi connectivity index (χ4v) is 2.86. The quantitative estimate of drug-likeness (QED) is 0.903. The van der Waals surface area contributed by atoms with Crippen LogP contribution >= 0.6 is 11.6 Å². The number of nitrogens with one attached hydrogen (secondary N) is 1. The number of halogens is 1. The number of para-hydroxylation sites is 1. The second kappa shape index (κ2) is 6.92. The lowest BCUT2D eigenvalue weighted by atomic mass is 10.2. The van der Waals surface area contributed by atoms with Crippen LogP contribution in [0.1, 0.15) is 5.56 Å². The van der Waals surface area contributed by atoms with Crippen LogP contribution in [0.2, 0.25) is 5.02 Å². The van der Waals surface area contributed by atoms with Gasteiger partial charge in [-0.05, 0) is 31.2 Å². The highest BCUT2D eigenvalue weighted by molar-refractivity contribution is 6.33. The predicted octanol–water partition coefficient (Wildman–Crippen LogP) is 4.00. The van der Waals surface area contributed by atoms with Crippen LogP contribution in [0.15, 0.2) is 48.5 Å². The molecule has 0 atom stereocenters. The molecule has 0 bridgehead atoms. The maximum absolute atomic E-state index is 12.3. The Morgan fingerprint density at radius 2 is 1.65 bits per heavy atom. The van der Waals surface area contributed by atoms with Crippen molar-refractivity contribution in [1.82, 2.24) is 4.90 Å². The van der Waals surface area contributed by atoms with E-state index in [2.05, 4.69) is 41.4 Å². The first-order chi connectivity index (χ1) is 11.1. The number of hydrogen-bond donors (Lipinski definition) is 1. The second-order valence-corrected chi connectivity index (χ2v) is 6.13. The first-order valence-corrected chi connectivity index (χ1v) is 8.13. The van der Waals surface area contributed by atoms with E-state index in [0.717, 1.165) is 13.1 Å². The summed E-state index contributed by atoms with van der Waals surface area (Å²) in [7, 11) is 0. The summed E-state index contributed by atoms with van der Waals surface area (Å²) in [5, 5.41) is 3.43. The number of carbonyl (C=O) groups is 1. The van der Waals surface area contributed by atoms with E-state index in [9.17, 15) is 4.79 Å². The Hall–Kier alpha value is -2.20. The van der Waals surface area contributed by atoms with Crippen molar-refractivity contribution < 1.29 is 4.79 Å². The van der Waals surface area contributed by atoms with E-state index in [4.69, 9.17) is 11.6 Å². The minimum atomic E-state index is -0.0957. The number of piperazine rings is 1. The van der Waals surface area contributed by atoms with E-state index in [1.807, 2.05) is 23.1 Å². The molecule has 120 valence electrons. The van der Waals surface area contributed by atoms with Crippen LogP contribution < -0.4 is 10.2 Å². The number of aryl methyl sites for hydroxylation is 1. The molecule has 1 N–H and O–H groups in total. The van der Waals surface area contributed by atoms with Crippen LogP contribution in [0.5, 0.6) is 0 Å². The molecule has 2 aromatic rings. The molecule has 0 aromatic heterocycles. The van der Waals surface area contributed by atoms with Crippen molar-refractivity contribution in [2.24, 2.45) is 0 Å². The first-order valence-electron chi connectivity index (χ1n) is 7.75. The fourth-order valence-electron chi connectivity index (χ4n) is 2.68. The van der Waals surface area contributed by atoms with Gasteiger partial charge in [-0.25, -0.2) is 4.79 Å². The third-order valence-corrected chi connectivity index (χ3v) is 4.41. The molecule has 1 aliphatic rings. The second-order valence-electron chi connectivity index (χ2n) is 5.72. The van der Waals surface area contributed by atoms with E-state index < -0.39 is 0 Å². The Kier molecular flexibility index (Phi) is 4.72. The van der Waals surface area contributed by atoms with Gasteiger partial charge in [0.1, 0.15) is 0 Å². The van der Waals surface area contributed by atoms with Gasteiger partial charge in [-0.3, -0.25) is 0 Å². The molecule has 1 heterocycles. The summed E-state index contributed by atoms with van der Waals surface area (Å²) in [4.78, 5) is 16.5. The predicted molar refractivity (Wildman–Crippen MR) is 95.4 cm³/mol. The molecule has 5 heteroatoms. The fraction of sp³-hybridized carbons (Fsp3) is 0.278. The molecule has 4 nitrogen and oxygen atoms in total. The molecule has 1 fully saturated rings. The van der Waals surface area contributed by atoms with Crippen molar-refractivity contribution in [2.75, 3.05) is 36.4 Å². The maximum atomic E-state index is 12.3. The van der Waals surface area contributed by atoms with Crippen molar-refractivity contribution in [3.63, 3.8) is 0 Å². The van der Waals surface area contributed by atoms with E-state index in [-0.39, 0.29) is 6.03 Å². The zero-order chi connectivity index (χ0) is 16.2. The van der Waals surface area contributed by atoms with Crippen molar-refractivity contribution in [3.05, 3.63) is 59.1 Å². The summed E-state index contributed by atoms with van der Waals surface area (Å²) in [6.07, 6.45) is 0. The third-order valence-electron chi connectivity index (χ3n) is 4.08. The van der Waals surface area contributed by atoms with Crippen LogP contribution in [0.25, 0.3) is 0 Å². The molecule has 0 unspecified atom stereocenters. The number of urea groups is 1. The SMILES string of the molecule is Cc1ccc(N2CCN(C(=O)Nc3ccccc3Cl)CC2)cc1. The van der Waals surface area contributed by atoms with E-state index in [0.29, 0.717) is 23.8 Å². The summed E-state index contributed by atoms with van der Waals surface area (Å²) >= 11 is 6.08. The van der Waals surface area contributed by atoms with Gasteiger partial charge in [-0.1, -0.05) is 41.4 Å². The van der Waals surface area contributed by atoms with E-state index in [1.54, 1.807) is 6.07 Å². The highest BCUT2D eigenvalue weighted by Crippen LogP contribution is 2.22. The van der Waals surface area contributed by atoms with Crippen molar-refractivity contribution in [3.8, 4) is 0 Å². The third kappa shape index (κ3) is 3.77. The van der Waals surface area contributed by atoms with Crippen molar-refractivity contribution >= 4 is 29.0 Å². The van der Waals surface area contributed by atoms with Gasteiger partial charge in [0.15, 0.2) is 0 Å². The minimum Gasteiger partial charge on any atom is -0.368 e. The minimum absolute atomic E-state index is 0.0957. The van der Waals surface area contributed by atoms with Crippen LogP contribution in [0.4, 0.5) is 16.2 Å². The number of amides is 2. The Morgan fingerprint density at radius 1 is 1.00 bits per heavy atom. The molecular weight excluding hydrogens is 310 g/mol. The average molecular weight is 330 g/mol. The standard InChI is InChI=1S/C18H20ClN3O/c1-14-6-8-15(9-7-14)21-10-12-22(13-11-21)18(23)20-17-5-3-2-4-16(17)19/h2-9H,10-13H2,1H3,(H,20,23).